The minimum Gasteiger partial charge on any atom is -0.389 e. The van der Waals surface area contributed by atoms with Crippen LogP contribution >= 0.6 is 0 Å². The van der Waals surface area contributed by atoms with E-state index >= 15 is 0 Å². The van der Waals surface area contributed by atoms with Crippen LogP contribution in [0.1, 0.15) is 34.1 Å². The van der Waals surface area contributed by atoms with E-state index in [1.165, 1.54) is 6.20 Å². The maximum Gasteiger partial charge on any atom is 0.329 e. The molecule has 0 aromatic carbocycles. The number of aliphatic hydroxyl groups is 1. The molecule has 0 aliphatic heterocycles. The van der Waals surface area contributed by atoms with Gasteiger partial charge < -0.3 is 15.3 Å². The number of anilines is 2. The summed E-state index contributed by atoms with van der Waals surface area (Å²) < 4.78 is 0. The van der Waals surface area contributed by atoms with Crippen molar-refractivity contribution in [2.24, 2.45) is 0 Å². The second kappa shape index (κ2) is 7.16. The van der Waals surface area contributed by atoms with Gasteiger partial charge >= 0.3 is 5.69 Å². The predicted octanol–water partition coefficient (Wildman–Crippen LogP) is 1.80. The minimum atomic E-state index is -0.980. The number of nitrogens with zero attached hydrogens (tertiary/aromatic N) is 4. The molecule has 1 rings (SSSR count). The van der Waals surface area contributed by atoms with Gasteiger partial charge in [0.1, 0.15) is 6.20 Å². The Bertz CT molecular complexity index is 487. The molecule has 8 heteroatoms. The van der Waals surface area contributed by atoms with E-state index < -0.39 is 10.5 Å². The first-order valence-electron chi connectivity index (χ1n) is 7.01. The van der Waals surface area contributed by atoms with Crippen molar-refractivity contribution in [3.63, 3.8) is 0 Å². The Labute approximate surface area is 124 Å². The third-order valence-corrected chi connectivity index (χ3v) is 2.74. The first-order valence-corrected chi connectivity index (χ1v) is 7.01. The van der Waals surface area contributed by atoms with Crippen LogP contribution in [-0.4, -0.2) is 45.2 Å². The molecule has 0 spiro atoms. The fourth-order valence-electron chi connectivity index (χ4n) is 1.85. The van der Waals surface area contributed by atoms with Crippen molar-refractivity contribution in [2.45, 2.75) is 39.7 Å². The summed E-state index contributed by atoms with van der Waals surface area (Å²) in [6.45, 7) is 8.60. The number of aromatic nitrogens is 2. The smallest absolute Gasteiger partial charge is 0.329 e. The van der Waals surface area contributed by atoms with Crippen LogP contribution in [-0.2, 0) is 0 Å². The fourth-order valence-corrected chi connectivity index (χ4v) is 1.85. The third-order valence-electron chi connectivity index (χ3n) is 2.74. The molecule has 118 valence electrons. The molecule has 8 nitrogen and oxygen atoms in total. The van der Waals surface area contributed by atoms with E-state index in [9.17, 15) is 15.2 Å². The van der Waals surface area contributed by atoms with E-state index in [0.717, 1.165) is 6.42 Å². The average Bonchev–Trinajstić information content (AvgIpc) is 2.41. The number of likely N-dealkylation sites (N-methyl/N-ethyl adjacent to an activating group) is 1. The molecule has 21 heavy (non-hydrogen) atoms. The number of hydrogen-bond donors (Lipinski definition) is 2. The summed E-state index contributed by atoms with van der Waals surface area (Å²) in [5, 5.41) is 24.1. The summed E-state index contributed by atoms with van der Waals surface area (Å²) in [5.41, 5.74) is -1.14. The van der Waals surface area contributed by atoms with E-state index in [1.54, 1.807) is 18.7 Å². The van der Waals surface area contributed by atoms with Crippen LogP contribution in [0.4, 0.5) is 17.5 Å². The maximum atomic E-state index is 11.1. The van der Waals surface area contributed by atoms with Gasteiger partial charge in [0.25, 0.3) is 0 Å². The summed E-state index contributed by atoms with van der Waals surface area (Å²) >= 11 is 0. The summed E-state index contributed by atoms with van der Waals surface area (Å²) in [4.78, 5) is 20.5. The second-order valence-corrected chi connectivity index (χ2v) is 5.41. The molecule has 2 N–H and O–H groups in total. The Kier molecular flexibility index (Phi) is 5.83. The van der Waals surface area contributed by atoms with Crippen molar-refractivity contribution in [1.29, 1.82) is 0 Å². The number of rotatable bonds is 8. The number of hydrogen-bond acceptors (Lipinski definition) is 7. The van der Waals surface area contributed by atoms with Crippen LogP contribution < -0.4 is 10.2 Å². The monoisotopic (exact) mass is 297 g/mol. The summed E-state index contributed by atoms with van der Waals surface area (Å²) in [7, 11) is 0. The molecule has 0 unspecified atom stereocenters. The van der Waals surface area contributed by atoms with Gasteiger partial charge in [-0.2, -0.15) is 4.98 Å². The Morgan fingerprint density at radius 2 is 2.14 bits per heavy atom. The molecular formula is C13H23N5O3. The molecule has 0 radical (unpaired) electrons. The Hall–Kier alpha value is -1.96. The van der Waals surface area contributed by atoms with Gasteiger partial charge in [-0.15, -0.1) is 0 Å². The van der Waals surface area contributed by atoms with Crippen molar-refractivity contribution < 1.29 is 10.0 Å². The minimum absolute atomic E-state index is 0.164. The van der Waals surface area contributed by atoms with Gasteiger partial charge in [-0.05, 0) is 27.2 Å². The lowest BCUT2D eigenvalue weighted by molar-refractivity contribution is -0.384. The quantitative estimate of drug-likeness (QED) is 0.557. The molecule has 0 bridgehead atoms. The van der Waals surface area contributed by atoms with Crippen LogP contribution in [0.25, 0.3) is 0 Å². The van der Waals surface area contributed by atoms with E-state index in [4.69, 9.17) is 0 Å². The molecule has 0 atom stereocenters. The van der Waals surface area contributed by atoms with E-state index in [0.29, 0.717) is 19.0 Å². The van der Waals surface area contributed by atoms with Crippen molar-refractivity contribution in [3.05, 3.63) is 16.3 Å². The molecule has 0 saturated carbocycles. The van der Waals surface area contributed by atoms with Crippen LogP contribution in [0.15, 0.2) is 6.20 Å². The molecule has 0 amide bonds. The Balaban J connectivity index is 3.17. The molecule has 0 aliphatic carbocycles. The largest absolute Gasteiger partial charge is 0.389 e. The highest BCUT2D eigenvalue weighted by molar-refractivity contribution is 5.59. The molecule has 0 aliphatic rings. The lowest BCUT2D eigenvalue weighted by atomic mass is 10.1. The van der Waals surface area contributed by atoms with Crippen molar-refractivity contribution >= 4 is 17.5 Å². The maximum absolute atomic E-state index is 11.1. The van der Waals surface area contributed by atoms with E-state index in [-0.39, 0.29) is 18.1 Å². The normalized spacial score (nSPS) is 11.3. The van der Waals surface area contributed by atoms with Gasteiger partial charge in [0.05, 0.1) is 10.5 Å². The van der Waals surface area contributed by atoms with Crippen molar-refractivity contribution in [1.82, 2.24) is 9.97 Å². The van der Waals surface area contributed by atoms with Gasteiger partial charge in [-0.25, -0.2) is 4.98 Å². The lowest BCUT2D eigenvalue weighted by Gasteiger charge is -2.28. The van der Waals surface area contributed by atoms with Crippen LogP contribution in [0.2, 0.25) is 0 Å². The zero-order valence-corrected chi connectivity index (χ0v) is 13.0. The van der Waals surface area contributed by atoms with Crippen LogP contribution in [0.3, 0.4) is 0 Å². The number of nitrogens with one attached hydrogen (secondary N) is 1. The average molecular weight is 297 g/mol. The molecule has 1 aromatic rings. The van der Waals surface area contributed by atoms with Gasteiger partial charge in [0.15, 0.2) is 0 Å². The van der Waals surface area contributed by atoms with Gasteiger partial charge in [-0.3, -0.25) is 10.1 Å². The van der Waals surface area contributed by atoms with Gasteiger partial charge in [-0.1, -0.05) is 6.92 Å². The van der Waals surface area contributed by atoms with Gasteiger partial charge in [0, 0.05) is 19.6 Å². The molecule has 1 heterocycles. The topological polar surface area (TPSA) is 104 Å². The SMILES string of the molecule is CCCNc1ncc([N+](=O)[O-])c(N(CC)CC(C)(C)O)n1. The highest BCUT2D eigenvalue weighted by Gasteiger charge is 2.26. The standard InChI is InChI=1S/C13H23N5O3/c1-5-7-14-12-15-8-10(18(20)21)11(16-12)17(6-2)9-13(3,4)19/h8,19H,5-7,9H2,1-4H3,(H,14,15,16). The first-order chi connectivity index (χ1) is 9.78. The molecule has 0 fully saturated rings. The summed E-state index contributed by atoms with van der Waals surface area (Å²) in [6.07, 6.45) is 2.10. The van der Waals surface area contributed by atoms with E-state index in [2.05, 4.69) is 15.3 Å². The van der Waals surface area contributed by atoms with Crippen LogP contribution in [0.5, 0.6) is 0 Å². The zero-order chi connectivity index (χ0) is 16.0. The van der Waals surface area contributed by atoms with Crippen LogP contribution in [0, 0.1) is 10.1 Å². The zero-order valence-electron chi connectivity index (χ0n) is 13.0. The summed E-state index contributed by atoms with van der Waals surface area (Å²) in [5.74, 6) is 0.574. The Morgan fingerprint density at radius 3 is 2.62 bits per heavy atom. The van der Waals surface area contributed by atoms with Crippen molar-refractivity contribution in [2.75, 3.05) is 29.9 Å². The van der Waals surface area contributed by atoms with E-state index in [1.807, 2.05) is 13.8 Å². The lowest BCUT2D eigenvalue weighted by Crippen LogP contribution is -2.39. The summed E-state index contributed by atoms with van der Waals surface area (Å²) in [6, 6.07) is 0. The molecular weight excluding hydrogens is 274 g/mol. The fraction of sp³-hybridized carbons (Fsp3) is 0.692. The first kappa shape index (κ1) is 17.1. The number of nitro groups is 1. The predicted molar refractivity (Wildman–Crippen MR) is 81.7 cm³/mol. The van der Waals surface area contributed by atoms with Crippen molar-refractivity contribution in [3.8, 4) is 0 Å². The third kappa shape index (κ3) is 5.14. The molecule has 0 saturated heterocycles. The highest BCUT2D eigenvalue weighted by atomic mass is 16.6. The van der Waals surface area contributed by atoms with Gasteiger partial charge in [0.2, 0.25) is 11.8 Å². The molecule has 1 aromatic heterocycles. The second-order valence-electron chi connectivity index (χ2n) is 5.41. The Morgan fingerprint density at radius 1 is 1.48 bits per heavy atom. The highest BCUT2D eigenvalue weighted by Crippen LogP contribution is 2.27.